The molecular weight excluding hydrogens is 639 g/mol. The minimum Gasteiger partial charge on any atom is -0.277 e. The highest BCUT2D eigenvalue weighted by Crippen LogP contribution is 2.50. The first-order valence-corrected chi connectivity index (χ1v) is 18.3. The van der Waals surface area contributed by atoms with Crippen molar-refractivity contribution >= 4 is 64.2 Å². The molecule has 0 radical (unpaired) electrons. The van der Waals surface area contributed by atoms with Gasteiger partial charge in [-0.1, -0.05) is 141 Å². The van der Waals surface area contributed by atoms with Crippen LogP contribution < -0.4 is 0 Å². The van der Waals surface area contributed by atoms with E-state index in [1.807, 2.05) is 0 Å². The fraction of sp³-hybridized carbons (Fsp3) is 0.0638. The molecule has 0 saturated carbocycles. The quantitative estimate of drug-likeness (QED) is 0.187. The van der Waals surface area contributed by atoms with Crippen molar-refractivity contribution < 1.29 is 0 Å². The summed E-state index contributed by atoms with van der Waals surface area (Å²) in [6.07, 6.45) is 0. The lowest BCUT2D eigenvalue weighted by molar-refractivity contribution is 0.660. The molecule has 0 N–H and O–H groups in total. The molecule has 3 heterocycles. The molecule has 0 atom stereocenters. The zero-order valence-corrected chi connectivity index (χ0v) is 29.0. The third-order valence-electron chi connectivity index (χ3n) is 11.0. The molecule has 0 unspecified atom stereocenters. The molecule has 240 valence electrons. The number of aromatic nitrogens is 3. The van der Waals surface area contributed by atoms with Gasteiger partial charge in [0, 0.05) is 37.4 Å². The van der Waals surface area contributed by atoms with Gasteiger partial charge in [0.1, 0.15) is 0 Å². The van der Waals surface area contributed by atoms with Crippen molar-refractivity contribution in [2.24, 2.45) is 0 Å². The highest BCUT2D eigenvalue weighted by atomic mass is 32.1. The van der Waals surface area contributed by atoms with Crippen LogP contribution in [0, 0.1) is 0 Å². The number of thiophene rings is 1. The van der Waals surface area contributed by atoms with Gasteiger partial charge in [-0.3, -0.25) is 4.57 Å². The van der Waals surface area contributed by atoms with Gasteiger partial charge < -0.3 is 0 Å². The van der Waals surface area contributed by atoms with E-state index in [9.17, 15) is 0 Å². The SMILES string of the molecule is CC1(C)c2ccccc2-c2cc(-c3cccc4c5cc6ccccc6cc5n(-c5nc(-c6ccccc6)c6sc7ccccc7c6n5)c34)ccc21. The molecule has 0 saturated heterocycles. The zero-order chi connectivity index (χ0) is 33.8. The topological polar surface area (TPSA) is 30.7 Å². The van der Waals surface area contributed by atoms with Crippen molar-refractivity contribution in [3.63, 3.8) is 0 Å². The van der Waals surface area contributed by atoms with E-state index in [4.69, 9.17) is 9.97 Å². The Hall–Kier alpha value is -6.10. The van der Waals surface area contributed by atoms with Crippen LogP contribution in [0.1, 0.15) is 25.0 Å². The van der Waals surface area contributed by atoms with Crippen LogP contribution in [0.2, 0.25) is 0 Å². The van der Waals surface area contributed by atoms with Gasteiger partial charge in [0.25, 0.3) is 0 Å². The predicted octanol–water partition coefficient (Wildman–Crippen LogP) is 12.7. The number of rotatable bonds is 3. The second-order valence-corrected chi connectivity index (χ2v) is 15.3. The monoisotopic (exact) mass is 669 g/mol. The Morgan fingerprint density at radius 1 is 0.529 bits per heavy atom. The normalized spacial score (nSPS) is 13.5. The third kappa shape index (κ3) is 4.05. The second-order valence-electron chi connectivity index (χ2n) is 14.2. The summed E-state index contributed by atoms with van der Waals surface area (Å²) in [5.74, 6) is 0.681. The molecule has 0 amide bonds. The first-order valence-electron chi connectivity index (χ1n) is 17.5. The van der Waals surface area contributed by atoms with E-state index < -0.39 is 0 Å². The number of fused-ring (bicyclic) bond motifs is 10. The van der Waals surface area contributed by atoms with E-state index in [1.165, 1.54) is 54.1 Å². The van der Waals surface area contributed by atoms with Crippen LogP contribution in [0.5, 0.6) is 0 Å². The molecule has 3 aromatic heterocycles. The van der Waals surface area contributed by atoms with Gasteiger partial charge in [-0.2, -0.15) is 0 Å². The summed E-state index contributed by atoms with van der Waals surface area (Å²) in [6.45, 7) is 4.68. The largest absolute Gasteiger partial charge is 0.277 e. The van der Waals surface area contributed by atoms with Crippen LogP contribution in [-0.4, -0.2) is 14.5 Å². The van der Waals surface area contributed by atoms with Gasteiger partial charge in [0.05, 0.1) is 26.9 Å². The molecule has 4 heteroatoms. The van der Waals surface area contributed by atoms with E-state index in [1.54, 1.807) is 11.3 Å². The van der Waals surface area contributed by atoms with E-state index in [0.29, 0.717) is 5.95 Å². The number of benzene rings is 7. The smallest absolute Gasteiger partial charge is 0.235 e. The molecule has 0 fully saturated rings. The van der Waals surface area contributed by atoms with Crippen LogP contribution in [0.3, 0.4) is 0 Å². The van der Waals surface area contributed by atoms with Gasteiger partial charge >= 0.3 is 0 Å². The Morgan fingerprint density at radius 3 is 2.12 bits per heavy atom. The number of hydrogen-bond acceptors (Lipinski definition) is 3. The van der Waals surface area contributed by atoms with Crippen LogP contribution in [-0.2, 0) is 5.41 Å². The van der Waals surface area contributed by atoms with Crippen molar-refractivity contribution in [2.45, 2.75) is 19.3 Å². The number of para-hydroxylation sites is 1. The van der Waals surface area contributed by atoms with Crippen LogP contribution in [0.15, 0.2) is 152 Å². The fourth-order valence-corrected chi connectivity index (χ4v) is 9.70. The standard InChI is InChI=1S/C47H31N3S/c1-47(2)38-21-10-8-17-33(38)36-26-31(23-24-39(36)47)32-19-12-20-34-37-25-29-15-6-7-16-30(29)27-40(37)50(44(32)34)46-48-42(28-13-4-3-5-14-28)45-43(49-46)35-18-9-11-22-41(35)51-45/h3-27H,1-2H3. The van der Waals surface area contributed by atoms with Crippen LogP contribution in [0.4, 0.5) is 0 Å². The van der Waals surface area contributed by atoms with Crippen LogP contribution >= 0.6 is 11.3 Å². The minimum absolute atomic E-state index is 0.0497. The van der Waals surface area contributed by atoms with Gasteiger partial charge in [0.2, 0.25) is 5.95 Å². The third-order valence-corrected chi connectivity index (χ3v) is 12.2. The zero-order valence-electron chi connectivity index (χ0n) is 28.2. The Kier molecular flexibility index (Phi) is 5.89. The maximum atomic E-state index is 5.49. The van der Waals surface area contributed by atoms with Crippen molar-refractivity contribution in [3.05, 3.63) is 163 Å². The molecular formula is C47H31N3S. The second kappa shape index (κ2) is 10.5. The summed E-state index contributed by atoms with van der Waals surface area (Å²) in [5, 5.41) is 5.95. The highest BCUT2D eigenvalue weighted by Gasteiger charge is 2.35. The van der Waals surface area contributed by atoms with E-state index in [-0.39, 0.29) is 5.41 Å². The maximum absolute atomic E-state index is 5.49. The van der Waals surface area contributed by atoms with Gasteiger partial charge in [-0.05, 0) is 62.9 Å². The van der Waals surface area contributed by atoms with Crippen LogP contribution in [0.25, 0.3) is 92.3 Å². The molecule has 1 aliphatic rings. The van der Waals surface area contributed by atoms with E-state index in [2.05, 4.69) is 170 Å². The minimum atomic E-state index is -0.0497. The Labute approximate surface area is 299 Å². The van der Waals surface area contributed by atoms with E-state index in [0.717, 1.165) is 43.5 Å². The summed E-state index contributed by atoms with van der Waals surface area (Å²) in [7, 11) is 0. The lowest BCUT2D eigenvalue weighted by atomic mass is 9.82. The average molecular weight is 670 g/mol. The van der Waals surface area contributed by atoms with Gasteiger partial charge in [0.15, 0.2) is 0 Å². The summed E-state index contributed by atoms with van der Waals surface area (Å²) < 4.78 is 4.65. The summed E-state index contributed by atoms with van der Waals surface area (Å²) in [5.41, 5.74) is 12.9. The lowest BCUT2D eigenvalue weighted by Crippen LogP contribution is -2.14. The number of hydrogen-bond donors (Lipinski definition) is 0. The average Bonchev–Trinajstić information content (AvgIpc) is 3.79. The number of nitrogens with zero attached hydrogens (tertiary/aromatic N) is 3. The first-order chi connectivity index (χ1) is 25.0. The molecule has 3 nitrogen and oxygen atoms in total. The molecule has 1 aliphatic carbocycles. The Bertz CT molecular complexity index is 3060. The van der Waals surface area contributed by atoms with Crippen molar-refractivity contribution in [1.82, 2.24) is 14.5 Å². The molecule has 11 rings (SSSR count). The Balaban J connectivity index is 1.27. The fourth-order valence-electron chi connectivity index (χ4n) is 8.55. The predicted molar refractivity (Wildman–Crippen MR) is 215 cm³/mol. The van der Waals surface area contributed by atoms with Crippen molar-refractivity contribution in [1.29, 1.82) is 0 Å². The van der Waals surface area contributed by atoms with Gasteiger partial charge in [-0.15, -0.1) is 11.3 Å². The van der Waals surface area contributed by atoms with Crippen molar-refractivity contribution in [3.8, 4) is 39.5 Å². The molecule has 0 aliphatic heterocycles. The van der Waals surface area contributed by atoms with Crippen molar-refractivity contribution in [2.75, 3.05) is 0 Å². The lowest BCUT2D eigenvalue weighted by Gasteiger charge is -2.21. The molecule has 10 aromatic rings. The summed E-state index contributed by atoms with van der Waals surface area (Å²) >= 11 is 1.77. The first kappa shape index (κ1) is 28.7. The molecule has 0 spiro atoms. The summed E-state index contributed by atoms with van der Waals surface area (Å²) in [4.78, 5) is 11.0. The van der Waals surface area contributed by atoms with E-state index >= 15 is 0 Å². The molecule has 7 aromatic carbocycles. The molecule has 51 heavy (non-hydrogen) atoms. The Morgan fingerprint density at radius 2 is 1.24 bits per heavy atom. The highest BCUT2D eigenvalue weighted by molar-refractivity contribution is 7.26. The summed E-state index contributed by atoms with van der Waals surface area (Å²) in [6, 6.07) is 55.1. The molecule has 0 bridgehead atoms. The maximum Gasteiger partial charge on any atom is 0.235 e. The van der Waals surface area contributed by atoms with Gasteiger partial charge in [-0.25, -0.2) is 9.97 Å².